The van der Waals surface area contributed by atoms with E-state index in [1.807, 2.05) is 11.8 Å². The smallest absolute Gasteiger partial charge is 0.263 e. The number of carbonyl (C=O) groups excluding carboxylic acids is 1. The molecule has 1 fully saturated rings. The van der Waals surface area contributed by atoms with Crippen LogP contribution in [0.4, 0.5) is 0 Å². The van der Waals surface area contributed by atoms with Gasteiger partial charge in [-0.25, -0.2) is 0 Å². The van der Waals surface area contributed by atoms with Crippen LogP contribution in [-0.2, 0) is 4.79 Å². The second-order valence-electron chi connectivity index (χ2n) is 4.53. The maximum absolute atomic E-state index is 12.3. The summed E-state index contributed by atoms with van der Waals surface area (Å²) in [7, 11) is 0. The molecule has 0 bridgehead atoms. The highest BCUT2D eigenvalue weighted by Gasteiger charge is 2.27. The molecule has 1 saturated heterocycles. The summed E-state index contributed by atoms with van der Waals surface area (Å²) < 4.78 is 5.60. The number of rotatable bonds is 3. The van der Waals surface area contributed by atoms with Gasteiger partial charge in [0, 0.05) is 31.9 Å². The molecule has 1 N–H and O–H groups in total. The maximum atomic E-state index is 12.3. The molecule has 2 heterocycles. The van der Waals surface area contributed by atoms with Crippen LogP contribution in [-0.4, -0.2) is 47.6 Å². The molecule has 5 heteroatoms. The Balaban J connectivity index is 1.96. The fraction of sp³-hybridized carbons (Fsp3) is 0.538. The minimum atomic E-state index is -0.477. The van der Waals surface area contributed by atoms with Crippen LogP contribution in [0.15, 0.2) is 24.5 Å². The maximum Gasteiger partial charge on any atom is 0.263 e. The van der Waals surface area contributed by atoms with Crippen molar-refractivity contribution in [2.24, 2.45) is 0 Å². The van der Waals surface area contributed by atoms with Gasteiger partial charge in [-0.1, -0.05) is 0 Å². The zero-order valence-electron chi connectivity index (χ0n) is 10.8. The molecule has 0 aromatic carbocycles. The molecule has 5 nitrogen and oxygen atoms in total. The number of piperazine rings is 1. The van der Waals surface area contributed by atoms with Crippen LogP contribution in [0.5, 0.6) is 5.75 Å². The fourth-order valence-corrected chi connectivity index (χ4v) is 2.07. The summed E-state index contributed by atoms with van der Waals surface area (Å²) in [6, 6.07) is 3.81. The van der Waals surface area contributed by atoms with E-state index in [0.29, 0.717) is 5.75 Å². The lowest BCUT2D eigenvalue weighted by atomic mass is 10.2. The number of ether oxygens (including phenoxy) is 1. The molecule has 0 radical (unpaired) electrons. The van der Waals surface area contributed by atoms with E-state index in [0.717, 1.165) is 19.6 Å². The molecule has 0 saturated carbocycles. The van der Waals surface area contributed by atoms with Crippen molar-refractivity contribution in [3.05, 3.63) is 24.5 Å². The van der Waals surface area contributed by atoms with E-state index in [-0.39, 0.29) is 11.9 Å². The Morgan fingerprint density at radius 1 is 1.67 bits per heavy atom. The average molecular weight is 249 g/mol. The zero-order valence-corrected chi connectivity index (χ0v) is 10.8. The largest absolute Gasteiger partial charge is 0.479 e. The van der Waals surface area contributed by atoms with Crippen molar-refractivity contribution in [2.45, 2.75) is 26.0 Å². The first-order valence-electron chi connectivity index (χ1n) is 6.26. The highest BCUT2D eigenvalue weighted by molar-refractivity contribution is 5.81. The second kappa shape index (κ2) is 5.82. The summed E-state index contributed by atoms with van der Waals surface area (Å²) in [6.07, 6.45) is 2.82. The Bertz CT molecular complexity index is 396. The first-order valence-corrected chi connectivity index (χ1v) is 6.26. The minimum absolute atomic E-state index is 0.0350. The molecule has 1 aromatic heterocycles. The second-order valence-corrected chi connectivity index (χ2v) is 4.53. The summed E-state index contributed by atoms with van der Waals surface area (Å²) in [4.78, 5) is 18.1. The lowest BCUT2D eigenvalue weighted by Gasteiger charge is -2.35. The molecule has 0 spiro atoms. The number of carbonyl (C=O) groups is 1. The number of hydrogen-bond acceptors (Lipinski definition) is 4. The van der Waals surface area contributed by atoms with Gasteiger partial charge < -0.3 is 15.0 Å². The van der Waals surface area contributed by atoms with Crippen LogP contribution in [0.2, 0.25) is 0 Å². The predicted octanol–water partition coefficient (Wildman–Crippen LogP) is 0.669. The van der Waals surface area contributed by atoms with Gasteiger partial charge in [0.2, 0.25) is 0 Å². The van der Waals surface area contributed by atoms with Gasteiger partial charge in [0.15, 0.2) is 6.10 Å². The van der Waals surface area contributed by atoms with Crippen LogP contribution < -0.4 is 10.1 Å². The molecule has 0 aliphatic carbocycles. The molecule has 2 rings (SSSR count). The van der Waals surface area contributed by atoms with Gasteiger partial charge in [-0.05, 0) is 26.0 Å². The number of aromatic nitrogens is 1. The highest BCUT2D eigenvalue weighted by atomic mass is 16.5. The van der Waals surface area contributed by atoms with Crippen LogP contribution in [0, 0.1) is 0 Å². The highest BCUT2D eigenvalue weighted by Crippen LogP contribution is 2.12. The third kappa shape index (κ3) is 2.98. The standard InChI is InChI=1S/C13H19N3O2/c1-10-8-15-6-7-16(10)13(17)11(2)18-12-4-3-5-14-9-12/h3-5,9-11,15H,6-8H2,1-2H3/t10-,11-/m0/s1. The molecule has 1 aliphatic rings. The van der Waals surface area contributed by atoms with Gasteiger partial charge in [-0.2, -0.15) is 0 Å². The first kappa shape index (κ1) is 12.8. The van der Waals surface area contributed by atoms with Gasteiger partial charge in [-0.15, -0.1) is 0 Å². The molecule has 1 aromatic rings. The van der Waals surface area contributed by atoms with Crippen molar-refractivity contribution >= 4 is 5.91 Å². The van der Waals surface area contributed by atoms with E-state index in [9.17, 15) is 4.79 Å². The molecule has 2 atom stereocenters. The summed E-state index contributed by atoms with van der Waals surface area (Å²) in [5.41, 5.74) is 0. The summed E-state index contributed by atoms with van der Waals surface area (Å²) in [5.74, 6) is 0.661. The van der Waals surface area contributed by atoms with Crippen LogP contribution >= 0.6 is 0 Å². The van der Waals surface area contributed by atoms with Crippen LogP contribution in [0.1, 0.15) is 13.8 Å². The number of nitrogens with one attached hydrogen (secondary N) is 1. The Morgan fingerprint density at radius 2 is 2.50 bits per heavy atom. The molecule has 98 valence electrons. The quantitative estimate of drug-likeness (QED) is 0.855. The van der Waals surface area contributed by atoms with E-state index in [1.165, 1.54) is 0 Å². The van der Waals surface area contributed by atoms with Gasteiger partial charge in [0.1, 0.15) is 5.75 Å². The van der Waals surface area contributed by atoms with Gasteiger partial charge in [-0.3, -0.25) is 9.78 Å². The molecular weight excluding hydrogens is 230 g/mol. The van der Waals surface area contributed by atoms with Crippen molar-refractivity contribution in [3.8, 4) is 5.75 Å². The molecule has 0 unspecified atom stereocenters. The summed E-state index contributed by atoms with van der Waals surface area (Å²) in [5, 5.41) is 3.26. The number of hydrogen-bond donors (Lipinski definition) is 1. The van der Waals surface area contributed by atoms with Crippen molar-refractivity contribution < 1.29 is 9.53 Å². The fourth-order valence-electron chi connectivity index (χ4n) is 2.07. The Hall–Kier alpha value is -1.62. The number of pyridine rings is 1. The van der Waals surface area contributed by atoms with Gasteiger partial charge in [0.05, 0.1) is 6.20 Å². The van der Waals surface area contributed by atoms with E-state index < -0.39 is 6.10 Å². The molecule has 1 amide bonds. The Morgan fingerprint density at radius 3 is 3.17 bits per heavy atom. The van der Waals surface area contributed by atoms with Gasteiger partial charge in [0.25, 0.3) is 5.91 Å². The van der Waals surface area contributed by atoms with Crippen molar-refractivity contribution in [1.82, 2.24) is 15.2 Å². The van der Waals surface area contributed by atoms with E-state index in [1.54, 1.807) is 31.5 Å². The van der Waals surface area contributed by atoms with Crippen LogP contribution in [0.25, 0.3) is 0 Å². The third-order valence-corrected chi connectivity index (χ3v) is 3.08. The molecular formula is C13H19N3O2. The van der Waals surface area contributed by atoms with Crippen LogP contribution in [0.3, 0.4) is 0 Å². The minimum Gasteiger partial charge on any atom is -0.479 e. The lowest BCUT2D eigenvalue weighted by molar-refractivity contribution is -0.140. The normalized spacial score (nSPS) is 21.4. The van der Waals surface area contributed by atoms with E-state index in [2.05, 4.69) is 10.3 Å². The average Bonchev–Trinajstić information content (AvgIpc) is 2.39. The Kier molecular flexibility index (Phi) is 4.15. The SMILES string of the molecule is C[C@H](Oc1cccnc1)C(=O)N1CCNC[C@@H]1C. The summed E-state index contributed by atoms with van der Waals surface area (Å²) >= 11 is 0. The predicted molar refractivity (Wildman–Crippen MR) is 68.4 cm³/mol. The summed E-state index contributed by atoms with van der Waals surface area (Å²) in [6.45, 7) is 6.24. The monoisotopic (exact) mass is 249 g/mol. The topological polar surface area (TPSA) is 54.5 Å². The molecule has 1 aliphatic heterocycles. The van der Waals surface area contributed by atoms with Crippen molar-refractivity contribution in [2.75, 3.05) is 19.6 Å². The van der Waals surface area contributed by atoms with E-state index in [4.69, 9.17) is 4.74 Å². The van der Waals surface area contributed by atoms with Crippen molar-refractivity contribution in [1.29, 1.82) is 0 Å². The number of amides is 1. The third-order valence-electron chi connectivity index (χ3n) is 3.08. The lowest BCUT2D eigenvalue weighted by Crippen LogP contribution is -2.55. The Labute approximate surface area is 107 Å². The van der Waals surface area contributed by atoms with E-state index >= 15 is 0 Å². The zero-order chi connectivity index (χ0) is 13.0. The molecule has 18 heavy (non-hydrogen) atoms. The number of nitrogens with zero attached hydrogens (tertiary/aromatic N) is 2. The van der Waals surface area contributed by atoms with Crippen molar-refractivity contribution in [3.63, 3.8) is 0 Å². The van der Waals surface area contributed by atoms with Gasteiger partial charge >= 0.3 is 0 Å². The first-order chi connectivity index (χ1) is 8.68.